The molecule has 0 N–H and O–H groups in total. The Balaban J connectivity index is 2.44. The van der Waals surface area contributed by atoms with Gasteiger partial charge in [0.05, 0.1) is 0 Å². The summed E-state index contributed by atoms with van der Waals surface area (Å²) in [6.07, 6.45) is 0. The van der Waals surface area contributed by atoms with E-state index in [9.17, 15) is 35.1 Å². The number of hydrogen-bond donors (Lipinski definition) is 0. The van der Waals surface area contributed by atoms with Gasteiger partial charge in [-0.15, -0.1) is 0 Å². The Morgan fingerprint density at radius 3 is 1.21 bits per heavy atom. The van der Waals surface area contributed by atoms with E-state index in [0.29, 0.717) is 12.1 Å². The maximum atomic E-state index is 14.4. The number of benzene rings is 3. The second-order valence-electron chi connectivity index (χ2n) is 6.10. The molecule has 0 amide bonds. The van der Waals surface area contributed by atoms with Crippen molar-refractivity contribution >= 4 is 23.1 Å². The molecule has 0 radical (unpaired) electrons. The van der Waals surface area contributed by atoms with Crippen LogP contribution in [0, 0.1) is 53.5 Å². The SMILES string of the molecule is Cc1c(F)cc(F)cc1B(c1c(F)cc(F)cc1F)c1c(F)cc(F)cc1F. The third-order valence-corrected chi connectivity index (χ3v) is 4.33. The van der Waals surface area contributed by atoms with Crippen LogP contribution in [0.3, 0.4) is 0 Å². The van der Waals surface area contributed by atoms with Crippen molar-refractivity contribution in [3.8, 4) is 0 Å². The molecule has 9 heteroatoms. The Kier molecular flexibility index (Phi) is 5.19. The number of halogens is 8. The lowest BCUT2D eigenvalue weighted by Crippen LogP contribution is -2.58. The van der Waals surface area contributed by atoms with Crippen molar-refractivity contribution in [3.63, 3.8) is 0 Å². The van der Waals surface area contributed by atoms with E-state index in [0.717, 1.165) is 6.92 Å². The van der Waals surface area contributed by atoms with Gasteiger partial charge in [0.15, 0.2) is 0 Å². The van der Waals surface area contributed by atoms with Crippen molar-refractivity contribution in [2.75, 3.05) is 0 Å². The van der Waals surface area contributed by atoms with Gasteiger partial charge in [0.2, 0.25) is 0 Å². The van der Waals surface area contributed by atoms with Gasteiger partial charge >= 0.3 is 0 Å². The summed E-state index contributed by atoms with van der Waals surface area (Å²) in [5.74, 6) is -11.0. The zero-order valence-corrected chi connectivity index (χ0v) is 14.1. The van der Waals surface area contributed by atoms with Crippen LogP contribution in [0.1, 0.15) is 5.56 Å². The van der Waals surface area contributed by atoms with Crippen LogP contribution < -0.4 is 16.4 Å². The van der Waals surface area contributed by atoms with E-state index in [1.54, 1.807) is 0 Å². The molecule has 0 atom stereocenters. The van der Waals surface area contributed by atoms with Gasteiger partial charge in [-0.05, 0) is 18.6 Å². The molecular formula is C19H9BF8. The number of hydrogen-bond acceptors (Lipinski definition) is 0. The first-order chi connectivity index (χ1) is 13.1. The molecule has 0 aliphatic heterocycles. The van der Waals surface area contributed by atoms with E-state index in [1.165, 1.54) is 0 Å². The van der Waals surface area contributed by atoms with Gasteiger partial charge < -0.3 is 0 Å². The molecule has 0 heterocycles. The molecule has 0 saturated heterocycles. The van der Waals surface area contributed by atoms with Crippen molar-refractivity contribution in [3.05, 3.63) is 88.5 Å². The minimum Gasteiger partial charge on any atom is -0.207 e. The third kappa shape index (κ3) is 3.48. The van der Waals surface area contributed by atoms with Crippen LogP contribution in [0.5, 0.6) is 0 Å². The molecule has 28 heavy (non-hydrogen) atoms. The smallest absolute Gasteiger partial charge is 0.207 e. The maximum absolute atomic E-state index is 14.4. The lowest BCUT2D eigenvalue weighted by atomic mass is 9.35. The Labute approximate surface area is 154 Å². The van der Waals surface area contributed by atoms with Gasteiger partial charge in [-0.3, -0.25) is 0 Å². The Morgan fingerprint density at radius 1 is 0.500 bits per heavy atom. The van der Waals surface area contributed by atoms with E-state index in [1.807, 2.05) is 0 Å². The summed E-state index contributed by atoms with van der Waals surface area (Å²) in [6, 6.07) is 2.16. The quantitative estimate of drug-likeness (QED) is 0.466. The van der Waals surface area contributed by atoms with Crippen LogP contribution >= 0.6 is 0 Å². The fourth-order valence-corrected chi connectivity index (χ4v) is 3.08. The van der Waals surface area contributed by atoms with Crippen LogP contribution in [0.2, 0.25) is 0 Å². The zero-order chi connectivity index (χ0) is 20.7. The molecule has 144 valence electrons. The Morgan fingerprint density at radius 2 is 0.821 bits per heavy atom. The number of rotatable bonds is 3. The first kappa shape index (κ1) is 19.9. The highest BCUT2D eigenvalue weighted by Crippen LogP contribution is 2.14. The van der Waals surface area contributed by atoms with Crippen LogP contribution in [0.25, 0.3) is 0 Å². The standard InChI is InChI=1S/C19H9BF8/c1-8-12(2-9(21)3-13(8)24)20(18-14(25)4-10(22)5-15(18)26)19-16(27)6-11(23)7-17(19)28/h2-7H,1H3. The fourth-order valence-electron chi connectivity index (χ4n) is 3.08. The molecule has 0 spiro atoms. The first-order valence-electron chi connectivity index (χ1n) is 7.84. The summed E-state index contributed by atoms with van der Waals surface area (Å²) in [5, 5.41) is 0. The Bertz CT molecular complexity index is 976. The predicted octanol–water partition coefficient (Wildman–Crippen LogP) is 3.62. The monoisotopic (exact) mass is 400 g/mol. The van der Waals surface area contributed by atoms with Gasteiger partial charge in [0.25, 0.3) is 6.71 Å². The van der Waals surface area contributed by atoms with Gasteiger partial charge in [-0.25, -0.2) is 35.1 Å². The molecule has 0 aliphatic carbocycles. The molecule has 0 aliphatic rings. The van der Waals surface area contributed by atoms with E-state index >= 15 is 0 Å². The van der Waals surface area contributed by atoms with Crippen LogP contribution in [0.4, 0.5) is 35.1 Å². The van der Waals surface area contributed by atoms with Crippen molar-refractivity contribution in [1.29, 1.82) is 0 Å². The second-order valence-corrected chi connectivity index (χ2v) is 6.10. The summed E-state index contributed by atoms with van der Waals surface area (Å²) in [5.41, 5.74) is -2.94. The van der Waals surface area contributed by atoms with Crippen molar-refractivity contribution in [2.24, 2.45) is 0 Å². The normalized spacial score (nSPS) is 11.0. The molecule has 3 aromatic carbocycles. The summed E-state index contributed by atoms with van der Waals surface area (Å²) in [4.78, 5) is 0. The lowest BCUT2D eigenvalue weighted by Gasteiger charge is -2.20. The second kappa shape index (κ2) is 7.29. The van der Waals surface area contributed by atoms with E-state index < -0.39 is 69.6 Å². The molecular weight excluding hydrogens is 391 g/mol. The molecule has 3 rings (SSSR count). The summed E-state index contributed by atoms with van der Waals surface area (Å²) < 4.78 is 112. The third-order valence-electron chi connectivity index (χ3n) is 4.33. The van der Waals surface area contributed by atoms with Crippen LogP contribution in [0.15, 0.2) is 36.4 Å². The van der Waals surface area contributed by atoms with Crippen LogP contribution in [-0.4, -0.2) is 6.71 Å². The zero-order valence-electron chi connectivity index (χ0n) is 14.1. The summed E-state index contributed by atoms with van der Waals surface area (Å²) >= 11 is 0. The summed E-state index contributed by atoms with van der Waals surface area (Å²) in [7, 11) is 0. The highest BCUT2D eigenvalue weighted by Gasteiger charge is 2.35. The molecule has 0 saturated carbocycles. The minimum atomic E-state index is -2.05. The van der Waals surface area contributed by atoms with Gasteiger partial charge in [-0.2, -0.15) is 0 Å². The molecule has 0 aromatic heterocycles. The first-order valence-corrected chi connectivity index (χ1v) is 7.84. The molecule has 0 fully saturated rings. The maximum Gasteiger partial charge on any atom is 0.257 e. The fraction of sp³-hybridized carbons (Fsp3) is 0.0526. The largest absolute Gasteiger partial charge is 0.257 e. The van der Waals surface area contributed by atoms with Gasteiger partial charge in [-0.1, -0.05) is 5.46 Å². The van der Waals surface area contributed by atoms with Crippen LogP contribution in [-0.2, 0) is 0 Å². The molecule has 0 bridgehead atoms. The van der Waals surface area contributed by atoms with E-state index in [-0.39, 0.29) is 29.8 Å². The van der Waals surface area contributed by atoms with Crippen molar-refractivity contribution < 1.29 is 35.1 Å². The average molecular weight is 400 g/mol. The van der Waals surface area contributed by atoms with Gasteiger partial charge in [0.1, 0.15) is 46.5 Å². The topological polar surface area (TPSA) is 0 Å². The van der Waals surface area contributed by atoms with Crippen molar-refractivity contribution in [2.45, 2.75) is 6.92 Å². The van der Waals surface area contributed by atoms with E-state index in [4.69, 9.17) is 0 Å². The highest BCUT2D eigenvalue weighted by atomic mass is 19.2. The highest BCUT2D eigenvalue weighted by molar-refractivity contribution is 6.96. The van der Waals surface area contributed by atoms with Gasteiger partial charge in [0, 0.05) is 41.3 Å². The Hall–Kier alpha value is -2.84. The molecule has 0 unspecified atom stereocenters. The molecule has 3 aromatic rings. The minimum absolute atomic E-state index is 0.260. The summed E-state index contributed by atoms with van der Waals surface area (Å²) in [6.45, 7) is -0.943. The molecule has 0 nitrogen and oxygen atoms in total. The van der Waals surface area contributed by atoms with E-state index in [2.05, 4.69) is 0 Å². The average Bonchev–Trinajstić information content (AvgIpc) is 2.55. The lowest BCUT2D eigenvalue weighted by molar-refractivity contribution is 0.550. The predicted molar refractivity (Wildman–Crippen MR) is 88.4 cm³/mol. The van der Waals surface area contributed by atoms with Crippen molar-refractivity contribution in [1.82, 2.24) is 0 Å².